The lowest BCUT2D eigenvalue weighted by atomic mass is 10.1. The third-order valence-corrected chi connectivity index (χ3v) is 3.65. The Kier molecular flexibility index (Phi) is 6.21. The van der Waals surface area contributed by atoms with Crippen LogP contribution in [-0.4, -0.2) is 18.5 Å². The van der Waals surface area contributed by atoms with Gasteiger partial charge in [0, 0.05) is 18.7 Å². The molecule has 0 fully saturated rings. The van der Waals surface area contributed by atoms with Crippen LogP contribution in [0.15, 0.2) is 48.5 Å². The molecule has 4 N–H and O–H groups in total. The first kappa shape index (κ1) is 19.3. The summed E-state index contributed by atoms with van der Waals surface area (Å²) >= 11 is 0. The molecule has 0 aliphatic heterocycles. The third-order valence-electron chi connectivity index (χ3n) is 3.65. The molecule has 0 spiro atoms. The molecule has 0 aliphatic carbocycles. The van der Waals surface area contributed by atoms with Gasteiger partial charge in [-0.15, -0.1) is 0 Å². The predicted octanol–water partition coefficient (Wildman–Crippen LogP) is 2.85. The fourth-order valence-electron chi connectivity index (χ4n) is 2.26. The summed E-state index contributed by atoms with van der Waals surface area (Å²) in [6.45, 7) is 0.492. The highest BCUT2D eigenvalue weighted by Gasteiger charge is 2.29. The molecule has 0 radical (unpaired) electrons. The van der Waals surface area contributed by atoms with Gasteiger partial charge in [0.25, 0.3) is 0 Å². The number of halogens is 3. The highest BCUT2D eigenvalue weighted by atomic mass is 19.4. The smallest absolute Gasteiger partial charge is 0.366 e. The number of carbonyl (C=O) groups excluding carboxylic acids is 2. The van der Waals surface area contributed by atoms with Crippen LogP contribution in [0.5, 0.6) is 0 Å². The summed E-state index contributed by atoms with van der Waals surface area (Å²) in [4.78, 5) is 22.9. The van der Waals surface area contributed by atoms with E-state index in [1.807, 2.05) is 0 Å². The molecule has 0 bridgehead atoms. The maximum Gasteiger partial charge on any atom is 0.416 e. The molecule has 2 aromatic carbocycles. The molecule has 3 amide bonds. The van der Waals surface area contributed by atoms with Crippen molar-refractivity contribution in [2.24, 2.45) is 5.73 Å². The zero-order chi connectivity index (χ0) is 19.2. The first-order valence-corrected chi connectivity index (χ1v) is 7.82. The second-order valence-corrected chi connectivity index (χ2v) is 5.62. The van der Waals surface area contributed by atoms with Gasteiger partial charge in [-0.2, -0.15) is 13.2 Å². The minimum atomic E-state index is -4.36. The molecule has 0 atom stereocenters. The van der Waals surface area contributed by atoms with Crippen LogP contribution in [-0.2, 0) is 19.1 Å². The van der Waals surface area contributed by atoms with Crippen molar-refractivity contribution in [2.75, 3.05) is 6.54 Å². The Bertz CT molecular complexity index is 774. The Morgan fingerprint density at radius 3 is 2.27 bits per heavy atom. The molecule has 8 heteroatoms. The molecule has 26 heavy (non-hydrogen) atoms. The number of alkyl halides is 3. The van der Waals surface area contributed by atoms with E-state index in [1.54, 1.807) is 24.3 Å². The normalized spacial score (nSPS) is 11.0. The van der Waals surface area contributed by atoms with Crippen LogP contribution in [0.3, 0.4) is 0 Å². The van der Waals surface area contributed by atoms with Crippen LogP contribution in [0.4, 0.5) is 18.0 Å². The Labute approximate surface area is 148 Å². The zero-order valence-corrected chi connectivity index (χ0v) is 13.8. The quantitative estimate of drug-likeness (QED) is 0.735. The summed E-state index contributed by atoms with van der Waals surface area (Å²) in [7, 11) is 0. The van der Waals surface area contributed by atoms with E-state index < -0.39 is 23.7 Å². The Balaban J connectivity index is 1.75. The van der Waals surface area contributed by atoms with Crippen molar-refractivity contribution < 1.29 is 22.8 Å². The molecule has 0 heterocycles. The van der Waals surface area contributed by atoms with Gasteiger partial charge in [0.05, 0.1) is 5.56 Å². The van der Waals surface area contributed by atoms with E-state index in [0.29, 0.717) is 17.5 Å². The molecule has 2 rings (SSSR count). The summed E-state index contributed by atoms with van der Waals surface area (Å²) in [5.41, 5.74) is 6.25. The van der Waals surface area contributed by atoms with Crippen molar-refractivity contribution >= 4 is 11.9 Å². The monoisotopic (exact) mass is 365 g/mol. The lowest BCUT2D eigenvalue weighted by Gasteiger charge is -2.09. The van der Waals surface area contributed by atoms with Crippen LogP contribution < -0.4 is 16.4 Å². The highest BCUT2D eigenvalue weighted by molar-refractivity contribution is 5.92. The van der Waals surface area contributed by atoms with Crippen molar-refractivity contribution in [1.82, 2.24) is 10.6 Å². The number of carbonyl (C=O) groups is 2. The van der Waals surface area contributed by atoms with E-state index >= 15 is 0 Å². The van der Waals surface area contributed by atoms with E-state index in [1.165, 1.54) is 12.1 Å². The minimum absolute atomic E-state index is 0.216. The second kappa shape index (κ2) is 8.37. The average molecular weight is 365 g/mol. The number of hydrogen-bond donors (Lipinski definition) is 3. The lowest BCUT2D eigenvalue weighted by Crippen LogP contribution is -2.36. The number of amides is 3. The molecule has 0 unspecified atom stereocenters. The van der Waals surface area contributed by atoms with E-state index in [4.69, 9.17) is 5.73 Å². The van der Waals surface area contributed by atoms with Crippen molar-refractivity contribution in [3.05, 3.63) is 70.8 Å². The maximum atomic E-state index is 12.5. The Morgan fingerprint density at radius 2 is 1.65 bits per heavy atom. The fourth-order valence-corrected chi connectivity index (χ4v) is 2.26. The summed E-state index contributed by atoms with van der Waals surface area (Å²) in [6, 6.07) is 11.0. The van der Waals surface area contributed by atoms with E-state index in [2.05, 4.69) is 10.6 Å². The largest absolute Gasteiger partial charge is 0.416 e. The first-order chi connectivity index (χ1) is 12.3. The van der Waals surface area contributed by atoms with E-state index in [0.717, 1.165) is 17.7 Å². The molecular weight excluding hydrogens is 347 g/mol. The number of rotatable bonds is 6. The van der Waals surface area contributed by atoms with Gasteiger partial charge in [-0.05, 0) is 41.8 Å². The Morgan fingerprint density at radius 1 is 0.962 bits per heavy atom. The van der Waals surface area contributed by atoms with Crippen LogP contribution in [0, 0.1) is 0 Å². The average Bonchev–Trinajstić information content (AvgIpc) is 2.60. The first-order valence-electron chi connectivity index (χ1n) is 7.82. The SMILES string of the molecule is NC(=O)c1cccc(CNC(=O)NCCc2ccc(C(F)(F)F)cc2)c1. The van der Waals surface area contributed by atoms with Gasteiger partial charge in [-0.3, -0.25) is 4.79 Å². The van der Waals surface area contributed by atoms with Crippen LogP contribution in [0.25, 0.3) is 0 Å². The van der Waals surface area contributed by atoms with Crippen molar-refractivity contribution in [1.29, 1.82) is 0 Å². The Hall–Kier alpha value is -3.03. The molecule has 0 aliphatic rings. The zero-order valence-electron chi connectivity index (χ0n) is 13.8. The summed E-state index contributed by atoms with van der Waals surface area (Å²) in [5, 5.41) is 5.25. The molecule has 0 saturated carbocycles. The van der Waals surface area contributed by atoms with E-state index in [9.17, 15) is 22.8 Å². The molecular formula is C18H18F3N3O2. The van der Waals surface area contributed by atoms with Gasteiger partial charge in [0.15, 0.2) is 0 Å². The fraction of sp³-hybridized carbons (Fsp3) is 0.222. The minimum Gasteiger partial charge on any atom is -0.366 e. The van der Waals surface area contributed by atoms with E-state index in [-0.39, 0.29) is 13.1 Å². The standard InChI is InChI=1S/C18H18F3N3O2/c19-18(20,21)15-6-4-12(5-7-15)8-9-23-17(26)24-11-13-2-1-3-14(10-13)16(22)25/h1-7,10H,8-9,11H2,(H2,22,25)(H2,23,24,26). The summed E-state index contributed by atoms with van der Waals surface area (Å²) in [5.74, 6) is -0.548. The third kappa shape index (κ3) is 5.80. The molecule has 0 aromatic heterocycles. The molecule has 0 saturated heterocycles. The van der Waals surface area contributed by atoms with Gasteiger partial charge >= 0.3 is 12.2 Å². The number of nitrogens with two attached hydrogens (primary N) is 1. The number of nitrogens with one attached hydrogen (secondary N) is 2. The highest BCUT2D eigenvalue weighted by Crippen LogP contribution is 2.29. The second-order valence-electron chi connectivity index (χ2n) is 5.62. The van der Waals surface area contributed by atoms with Gasteiger partial charge < -0.3 is 16.4 Å². The molecule has 2 aromatic rings. The van der Waals surface area contributed by atoms with Crippen molar-refractivity contribution in [3.8, 4) is 0 Å². The lowest BCUT2D eigenvalue weighted by molar-refractivity contribution is -0.137. The van der Waals surface area contributed by atoms with Crippen LogP contribution in [0.2, 0.25) is 0 Å². The van der Waals surface area contributed by atoms with Gasteiger partial charge in [-0.25, -0.2) is 4.79 Å². The van der Waals surface area contributed by atoms with Gasteiger partial charge in [0.1, 0.15) is 0 Å². The molecule has 138 valence electrons. The summed E-state index contributed by atoms with van der Waals surface area (Å²) < 4.78 is 37.4. The van der Waals surface area contributed by atoms with Crippen LogP contribution >= 0.6 is 0 Å². The van der Waals surface area contributed by atoms with Crippen LogP contribution in [0.1, 0.15) is 27.0 Å². The van der Waals surface area contributed by atoms with Crippen molar-refractivity contribution in [3.63, 3.8) is 0 Å². The van der Waals surface area contributed by atoms with Crippen molar-refractivity contribution in [2.45, 2.75) is 19.1 Å². The number of urea groups is 1. The number of benzene rings is 2. The topological polar surface area (TPSA) is 84.2 Å². The van der Waals surface area contributed by atoms with Gasteiger partial charge in [-0.1, -0.05) is 24.3 Å². The molecule has 5 nitrogen and oxygen atoms in total. The van der Waals surface area contributed by atoms with Gasteiger partial charge in [0.2, 0.25) is 5.91 Å². The predicted molar refractivity (Wildman–Crippen MR) is 90.3 cm³/mol. The number of hydrogen-bond acceptors (Lipinski definition) is 2. The number of primary amides is 1. The maximum absolute atomic E-state index is 12.5. The summed E-state index contributed by atoms with van der Waals surface area (Å²) in [6.07, 6.45) is -3.95.